The maximum atomic E-state index is 11.9. The predicted molar refractivity (Wildman–Crippen MR) is 114 cm³/mol. The molecule has 6 heteroatoms. The van der Waals surface area contributed by atoms with Crippen LogP contribution in [-0.2, 0) is 14.3 Å². The van der Waals surface area contributed by atoms with E-state index in [1.54, 1.807) is 12.1 Å². The molecule has 3 rings (SSSR count). The lowest BCUT2D eigenvalue weighted by Crippen LogP contribution is -2.39. The number of morpholine rings is 1. The van der Waals surface area contributed by atoms with Crippen LogP contribution in [-0.4, -0.2) is 49.5 Å². The van der Waals surface area contributed by atoms with Gasteiger partial charge in [-0.05, 0) is 44.0 Å². The lowest BCUT2D eigenvalue weighted by atomic mass is 10.1. The first-order chi connectivity index (χ1) is 14.1. The zero-order valence-corrected chi connectivity index (χ0v) is 16.9. The zero-order valence-electron chi connectivity index (χ0n) is 16.9. The van der Waals surface area contributed by atoms with Gasteiger partial charge in [0.05, 0.1) is 12.7 Å². The molecule has 2 N–H and O–H groups in total. The Morgan fingerprint density at radius 2 is 1.79 bits per heavy atom. The van der Waals surface area contributed by atoms with Gasteiger partial charge in [0, 0.05) is 25.3 Å². The van der Waals surface area contributed by atoms with Crippen LogP contribution in [0.3, 0.4) is 0 Å². The van der Waals surface area contributed by atoms with Gasteiger partial charge in [0.1, 0.15) is 0 Å². The minimum atomic E-state index is -0.632. The summed E-state index contributed by atoms with van der Waals surface area (Å²) >= 11 is 0. The lowest BCUT2D eigenvalue weighted by Gasteiger charge is -2.33. The number of unbranched alkanes of at least 4 members (excludes halogenated alkanes) is 1. The molecule has 1 heterocycles. The number of rotatable bonds is 7. The molecule has 6 nitrogen and oxygen atoms in total. The summed E-state index contributed by atoms with van der Waals surface area (Å²) in [5, 5.41) is 5.30. The van der Waals surface area contributed by atoms with Crippen molar-refractivity contribution in [3.05, 3.63) is 65.7 Å². The van der Waals surface area contributed by atoms with Crippen LogP contribution in [0.2, 0.25) is 0 Å². The fourth-order valence-electron chi connectivity index (χ4n) is 3.34. The van der Waals surface area contributed by atoms with E-state index in [0.29, 0.717) is 12.2 Å². The van der Waals surface area contributed by atoms with Gasteiger partial charge in [0.15, 0.2) is 0 Å². The van der Waals surface area contributed by atoms with Gasteiger partial charge < -0.3 is 15.4 Å². The van der Waals surface area contributed by atoms with E-state index in [1.807, 2.05) is 37.3 Å². The van der Waals surface area contributed by atoms with Crippen molar-refractivity contribution in [3.63, 3.8) is 0 Å². The normalized spacial score (nSPS) is 16.9. The summed E-state index contributed by atoms with van der Waals surface area (Å²) < 4.78 is 5.89. The molecule has 1 fully saturated rings. The molecule has 0 bridgehead atoms. The van der Waals surface area contributed by atoms with Gasteiger partial charge >= 0.3 is 11.8 Å². The molecule has 1 aliphatic rings. The molecule has 0 saturated carbocycles. The molecule has 2 amide bonds. The summed E-state index contributed by atoms with van der Waals surface area (Å²) in [4.78, 5) is 26.3. The summed E-state index contributed by atoms with van der Waals surface area (Å²) in [6, 6.07) is 17.6. The molecule has 29 heavy (non-hydrogen) atoms. The molecule has 1 unspecified atom stereocenters. The molecular weight excluding hydrogens is 366 g/mol. The molecule has 1 atom stereocenters. The third-order valence-corrected chi connectivity index (χ3v) is 5.02. The van der Waals surface area contributed by atoms with Crippen LogP contribution in [0.5, 0.6) is 0 Å². The van der Waals surface area contributed by atoms with Gasteiger partial charge in [0.2, 0.25) is 0 Å². The minimum Gasteiger partial charge on any atom is -0.371 e. The number of anilines is 1. The van der Waals surface area contributed by atoms with Crippen molar-refractivity contribution in [2.75, 3.05) is 38.1 Å². The molecular formula is C23H29N3O3. The molecule has 2 aromatic rings. The average molecular weight is 396 g/mol. The number of carbonyl (C=O) groups excluding carboxylic acids is 2. The first-order valence-corrected chi connectivity index (χ1v) is 10.2. The van der Waals surface area contributed by atoms with Crippen LogP contribution in [0.25, 0.3) is 0 Å². The highest BCUT2D eigenvalue weighted by atomic mass is 16.5. The standard InChI is InChI=1S/C23H29N3O3/c1-18-9-11-20(12-10-18)25-23(28)22(27)24-13-5-6-14-26-15-16-29-21(17-26)19-7-3-2-4-8-19/h2-4,7-12,21H,5-6,13-17H2,1H3,(H,24,27)(H,25,28). The van der Waals surface area contributed by atoms with Crippen molar-refractivity contribution < 1.29 is 14.3 Å². The van der Waals surface area contributed by atoms with Crippen molar-refractivity contribution in [1.29, 1.82) is 0 Å². The Kier molecular flexibility index (Phi) is 7.78. The van der Waals surface area contributed by atoms with Gasteiger partial charge in [0.25, 0.3) is 0 Å². The SMILES string of the molecule is Cc1ccc(NC(=O)C(=O)NCCCCN2CCOC(c3ccccc3)C2)cc1. The number of hydrogen-bond donors (Lipinski definition) is 2. The Balaban J connectivity index is 1.31. The molecule has 1 aliphatic heterocycles. The number of benzene rings is 2. The van der Waals surface area contributed by atoms with E-state index in [0.717, 1.165) is 44.6 Å². The second-order valence-corrected chi connectivity index (χ2v) is 7.35. The number of ether oxygens (including phenoxy) is 1. The van der Waals surface area contributed by atoms with Crippen molar-refractivity contribution >= 4 is 17.5 Å². The average Bonchev–Trinajstić information content (AvgIpc) is 2.76. The number of carbonyl (C=O) groups is 2. The number of nitrogens with one attached hydrogen (secondary N) is 2. The Morgan fingerprint density at radius 3 is 2.55 bits per heavy atom. The Hall–Kier alpha value is -2.70. The topological polar surface area (TPSA) is 70.7 Å². The Morgan fingerprint density at radius 1 is 1.03 bits per heavy atom. The molecule has 1 saturated heterocycles. The van der Waals surface area contributed by atoms with Crippen molar-refractivity contribution in [1.82, 2.24) is 10.2 Å². The first kappa shape index (κ1) is 21.0. The molecule has 154 valence electrons. The van der Waals surface area contributed by atoms with Crippen molar-refractivity contribution in [2.24, 2.45) is 0 Å². The van der Waals surface area contributed by atoms with E-state index < -0.39 is 11.8 Å². The fraction of sp³-hybridized carbons (Fsp3) is 0.391. The summed E-state index contributed by atoms with van der Waals surface area (Å²) in [7, 11) is 0. The second-order valence-electron chi connectivity index (χ2n) is 7.35. The van der Waals surface area contributed by atoms with Crippen LogP contribution < -0.4 is 10.6 Å². The molecule has 0 radical (unpaired) electrons. The first-order valence-electron chi connectivity index (χ1n) is 10.2. The summed E-state index contributed by atoms with van der Waals surface area (Å²) in [5.74, 6) is -1.23. The third kappa shape index (κ3) is 6.69. The number of nitrogens with zero attached hydrogens (tertiary/aromatic N) is 1. The van der Waals surface area contributed by atoms with Gasteiger partial charge in [-0.3, -0.25) is 14.5 Å². The smallest absolute Gasteiger partial charge is 0.313 e. The second kappa shape index (κ2) is 10.7. The summed E-state index contributed by atoms with van der Waals surface area (Å²) in [5.41, 5.74) is 2.93. The van der Waals surface area contributed by atoms with Gasteiger partial charge in [-0.25, -0.2) is 0 Å². The van der Waals surface area contributed by atoms with Crippen LogP contribution in [0.15, 0.2) is 54.6 Å². The van der Waals surface area contributed by atoms with Gasteiger partial charge in [-0.2, -0.15) is 0 Å². The number of amides is 2. The highest BCUT2D eigenvalue weighted by Crippen LogP contribution is 2.21. The number of hydrogen-bond acceptors (Lipinski definition) is 4. The fourth-order valence-corrected chi connectivity index (χ4v) is 3.34. The van der Waals surface area contributed by atoms with Crippen molar-refractivity contribution in [3.8, 4) is 0 Å². The molecule has 0 spiro atoms. The minimum absolute atomic E-state index is 0.120. The van der Waals surface area contributed by atoms with E-state index in [4.69, 9.17) is 4.74 Å². The van der Waals surface area contributed by atoms with Crippen LogP contribution in [0.4, 0.5) is 5.69 Å². The summed E-state index contributed by atoms with van der Waals surface area (Å²) in [6.45, 7) is 5.96. The Bertz CT molecular complexity index is 793. The van der Waals surface area contributed by atoms with Crippen molar-refractivity contribution in [2.45, 2.75) is 25.9 Å². The Labute approximate surface area is 172 Å². The van der Waals surface area contributed by atoms with Gasteiger partial charge in [-0.15, -0.1) is 0 Å². The van der Waals surface area contributed by atoms with E-state index in [-0.39, 0.29) is 6.10 Å². The molecule has 2 aromatic carbocycles. The van der Waals surface area contributed by atoms with E-state index in [1.165, 1.54) is 5.56 Å². The predicted octanol–water partition coefficient (Wildman–Crippen LogP) is 2.90. The quantitative estimate of drug-likeness (QED) is 0.559. The van der Waals surface area contributed by atoms with E-state index >= 15 is 0 Å². The lowest BCUT2D eigenvalue weighted by molar-refractivity contribution is -0.136. The van der Waals surface area contributed by atoms with Gasteiger partial charge in [-0.1, -0.05) is 48.0 Å². The highest BCUT2D eigenvalue weighted by Gasteiger charge is 2.21. The molecule has 0 aliphatic carbocycles. The van der Waals surface area contributed by atoms with Crippen LogP contribution in [0, 0.1) is 6.92 Å². The van der Waals surface area contributed by atoms with Crippen LogP contribution in [0.1, 0.15) is 30.1 Å². The maximum Gasteiger partial charge on any atom is 0.313 e. The maximum absolute atomic E-state index is 11.9. The molecule has 0 aromatic heterocycles. The monoisotopic (exact) mass is 395 g/mol. The van der Waals surface area contributed by atoms with E-state index in [2.05, 4.69) is 27.7 Å². The summed E-state index contributed by atoms with van der Waals surface area (Å²) in [6.07, 6.45) is 1.91. The third-order valence-electron chi connectivity index (χ3n) is 5.02. The van der Waals surface area contributed by atoms with Crippen LogP contribution >= 0.6 is 0 Å². The highest BCUT2D eigenvalue weighted by molar-refractivity contribution is 6.39. The van der Waals surface area contributed by atoms with E-state index in [9.17, 15) is 9.59 Å². The zero-order chi connectivity index (χ0) is 20.5. The number of aryl methyl sites for hydroxylation is 1. The largest absolute Gasteiger partial charge is 0.371 e.